The summed E-state index contributed by atoms with van der Waals surface area (Å²) in [6, 6.07) is 21.5. The number of rotatable bonds is 18. The van der Waals surface area contributed by atoms with E-state index in [2.05, 4.69) is 223 Å². The fourth-order valence-electron chi connectivity index (χ4n) is 9.43. The molecule has 3 heteroatoms. The molecule has 0 aliphatic carbocycles. The van der Waals surface area contributed by atoms with Gasteiger partial charge in [-0.3, -0.25) is 0 Å². The first-order valence-corrected chi connectivity index (χ1v) is 35.5. The monoisotopic (exact) mass is 993 g/mol. The normalized spacial score (nSPS) is 12.9. The predicted octanol–water partition coefficient (Wildman–Crippen LogP) is 16.8. The van der Waals surface area contributed by atoms with Crippen LogP contribution in [-0.2, 0) is 0 Å². The van der Waals surface area contributed by atoms with E-state index in [9.17, 15) is 0 Å². The van der Waals surface area contributed by atoms with Crippen molar-refractivity contribution in [2.24, 2.45) is 0 Å². The number of benzene rings is 4. The zero-order valence-corrected chi connectivity index (χ0v) is 50.0. The third-order valence-electron chi connectivity index (χ3n) is 13.6. The van der Waals surface area contributed by atoms with Crippen LogP contribution in [0.5, 0.6) is 0 Å². The van der Waals surface area contributed by atoms with Crippen LogP contribution < -0.4 is 17.6 Å². The molecule has 0 nitrogen and oxygen atoms in total. The Labute approximate surface area is 402 Å². The molecule has 0 saturated carbocycles. The summed E-state index contributed by atoms with van der Waals surface area (Å²) in [5, 5.41) is 0. The molecular formula is C60H92Ge2S. The third-order valence-corrected chi connectivity index (χ3v) is 42.9. The van der Waals surface area contributed by atoms with Crippen molar-refractivity contribution in [3.63, 3.8) is 0 Å². The summed E-state index contributed by atoms with van der Waals surface area (Å²) in [5.74, 6) is 5.45. The summed E-state index contributed by atoms with van der Waals surface area (Å²) in [6.45, 7) is 59.2. The van der Waals surface area contributed by atoms with Crippen LogP contribution >= 0.6 is 8.41 Å². The number of hydrogen-bond acceptors (Lipinski definition) is 1. The van der Waals surface area contributed by atoms with Gasteiger partial charge in [-0.15, -0.1) is 0 Å². The third kappa shape index (κ3) is 12.1. The van der Waals surface area contributed by atoms with E-state index in [0.29, 0.717) is 71.0 Å². The van der Waals surface area contributed by atoms with Crippen LogP contribution in [0.15, 0.2) is 48.5 Å². The summed E-state index contributed by atoms with van der Waals surface area (Å²) in [4.78, 5) is 0. The van der Waals surface area contributed by atoms with E-state index in [0.717, 1.165) is 0 Å². The second kappa shape index (κ2) is 22.4. The zero-order valence-electron chi connectivity index (χ0n) is 45.0. The molecule has 0 atom stereocenters. The molecule has 0 saturated heterocycles. The van der Waals surface area contributed by atoms with E-state index in [1.807, 2.05) is 0 Å². The van der Waals surface area contributed by atoms with Crippen LogP contribution in [0, 0.1) is 0 Å². The van der Waals surface area contributed by atoms with Crippen LogP contribution in [0.2, 0.25) is 0 Å². The van der Waals surface area contributed by atoms with Crippen LogP contribution in [0.3, 0.4) is 0 Å². The first kappa shape index (κ1) is 53.9. The van der Waals surface area contributed by atoms with Gasteiger partial charge in [0.15, 0.2) is 0 Å². The van der Waals surface area contributed by atoms with E-state index in [-0.39, 0.29) is 0 Å². The van der Waals surface area contributed by atoms with Crippen molar-refractivity contribution in [2.75, 3.05) is 0 Å². The first-order valence-electron chi connectivity index (χ1n) is 25.3. The molecule has 0 unspecified atom stereocenters. The van der Waals surface area contributed by atoms with Gasteiger partial charge in [-0.25, -0.2) is 0 Å². The van der Waals surface area contributed by atoms with E-state index in [4.69, 9.17) is 0 Å². The Morgan fingerprint density at radius 3 is 0.444 bits per heavy atom. The van der Waals surface area contributed by atoms with Crippen molar-refractivity contribution in [1.29, 1.82) is 0 Å². The first-order chi connectivity index (χ1) is 29.2. The van der Waals surface area contributed by atoms with Gasteiger partial charge in [0.05, 0.1) is 0 Å². The van der Waals surface area contributed by atoms with Gasteiger partial charge in [0.25, 0.3) is 0 Å². The molecule has 0 fully saturated rings. The summed E-state index contributed by atoms with van der Waals surface area (Å²) in [6.07, 6.45) is 0. The SMILES string of the molecule is CC(C)c1cc(C(C)C)[c]([Ge]([S][Ge]([c]2c(C(C)C)cc(C(C)C)cc2C(C)C)[c]2c(C(C)C)cc(C(C)C)cc2C(C)C)[c]2c(C(C)C)cc(C(C)C)cc2C(C)C)c(C(C)C)c1. The van der Waals surface area contributed by atoms with Gasteiger partial charge >= 0.3 is 405 Å². The van der Waals surface area contributed by atoms with E-state index >= 15 is 0 Å². The van der Waals surface area contributed by atoms with Crippen LogP contribution in [0.25, 0.3) is 0 Å². The molecule has 0 bridgehead atoms. The fourth-order valence-corrected chi connectivity index (χ4v) is 50.3. The molecule has 0 aromatic heterocycles. The molecule has 4 rings (SSSR count). The van der Waals surface area contributed by atoms with Crippen LogP contribution in [-0.4, -0.2) is 26.4 Å². The van der Waals surface area contributed by atoms with Gasteiger partial charge in [-0.2, -0.15) is 0 Å². The van der Waals surface area contributed by atoms with Gasteiger partial charge in [-0.1, -0.05) is 0 Å². The van der Waals surface area contributed by atoms with Gasteiger partial charge in [0.1, 0.15) is 0 Å². The standard InChI is InChI=1S/C60H92Ge2S/c1-33(2)45-25-49(37(9)10)57(50(26-45)38(11)12)61(58-51(39(13)14)27-46(34(3)4)28-52(58)40(15)16)63-62(59-53(41(17)18)29-47(35(5)6)30-54(59)42(19)20)60-55(43(21)22)31-48(36(7)8)32-56(60)44(23)24/h25-44H,1-24H3. The minimum absolute atomic E-state index is 0.438. The molecule has 0 spiro atoms. The Kier molecular flexibility index (Phi) is 19.2. The molecular weight excluding hydrogens is 898 g/mol. The van der Waals surface area contributed by atoms with Crippen LogP contribution in [0.4, 0.5) is 0 Å². The maximum absolute atomic E-state index is 2.68. The van der Waals surface area contributed by atoms with E-state index in [1.54, 1.807) is 62.1 Å². The molecule has 4 aromatic carbocycles. The molecule has 0 aliphatic rings. The average Bonchev–Trinajstić information content (AvgIpc) is 3.19. The quantitative estimate of drug-likeness (QED) is 0.0896. The van der Waals surface area contributed by atoms with E-state index in [1.165, 1.54) is 22.3 Å². The minimum atomic E-state index is -2.57. The Morgan fingerprint density at radius 1 is 0.222 bits per heavy atom. The van der Waals surface area contributed by atoms with Crippen molar-refractivity contribution >= 4 is 52.4 Å². The molecule has 346 valence electrons. The van der Waals surface area contributed by atoms with Crippen molar-refractivity contribution in [3.8, 4) is 0 Å². The average molecular weight is 991 g/mol. The summed E-state index contributed by atoms with van der Waals surface area (Å²) >= 11 is -5.15. The number of hydrogen-bond donors (Lipinski definition) is 0. The Hall–Kier alpha value is -1.68. The molecule has 0 heterocycles. The Bertz CT molecular complexity index is 1730. The topological polar surface area (TPSA) is 0 Å². The van der Waals surface area contributed by atoms with Crippen molar-refractivity contribution in [3.05, 3.63) is 115 Å². The van der Waals surface area contributed by atoms with Gasteiger partial charge < -0.3 is 0 Å². The fraction of sp³-hybridized carbons (Fsp3) is 0.600. The van der Waals surface area contributed by atoms with Crippen molar-refractivity contribution in [2.45, 2.75) is 237 Å². The van der Waals surface area contributed by atoms with Crippen molar-refractivity contribution < 1.29 is 0 Å². The summed E-state index contributed by atoms with van der Waals surface area (Å²) < 4.78 is 7.14. The molecule has 0 amide bonds. The second-order valence-corrected chi connectivity index (χ2v) is 42.3. The van der Waals surface area contributed by atoms with Crippen molar-refractivity contribution in [1.82, 2.24) is 0 Å². The molecule has 2 radical (unpaired) electrons. The summed E-state index contributed by atoms with van der Waals surface area (Å²) in [7, 11) is 2.65. The second-order valence-electron chi connectivity index (χ2n) is 22.9. The van der Waals surface area contributed by atoms with E-state index < -0.39 is 26.4 Å². The molecule has 0 N–H and O–H groups in total. The molecule has 0 aliphatic heterocycles. The zero-order chi connectivity index (χ0) is 47.7. The van der Waals surface area contributed by atoms with Gasteiger partial charge in [-0.05, 0) is 0 Å². The van der Waals surface area contributed by atoms with Gasteiger partial charge in [0.2, 0.25) is 0 Å². The Morgan fingerprint density at radius 2 is 0.349 bits per heavy atom. The predicted molar refractivity (Wildman–Crippen MR) is 292 cm³/mol. The molecule has 63 heavy (non-hydrogen) atoms. The maximum atomic E-state index is 2.68. The van der Waals surface area contributed by atoms with Crippen LogP contribution in [0.1, 0.15) is 304 Å². The van der Waals surface area contributed by atoms with Gasteiger partial charge in [0, 0.05) is 0 Å². The molecule has 4 aromatic rings. The summed E-state index contributed by atoms with van der Waals surface area (Å²) in [5.41, 5.74) is 19.1. The Balaban J connectivity index is 2.49.